The van der Waals surface area contributed by atoms with E-state index in [0.29, 0.717) is 0 Å². The summed E-state index contributed by atoms with van der Waals surface area (Å²) in [7, 11) is 2.48. The number of nitrogens with two attached hydrogens (primary N) is 1. The molecule has 0 aliphatic heterocycles. The smallest absolute Gasteiger partial charge is 0.313 e. The Morgan fingerprint density at radius 1 is 1.41 bits per heavy atom. The lowest BCUT2D eigenvalue weighted by molar-refractivity contribution is -0.385. The van der Waals surface area contributed by atoms with Crippen LogP contribution in [0.3, 0.4) is 0 Å². The first-order chi connectivity index (χ1) is 9.66. The lowest BCUT2D eigenvalue weighted by Gasteiger charge is -2.29. The summed E-state index contributed by atoms with van der Waals surface area (Å²) in [6.07, 6.45) is 0. The van der Waals surface area contributed by atoms with Gasteiger partial charge in [0.2, 0.25) is 0 Å². The Labute approximate surface area is 133 Å². The van der Waals surface area contributed by atoms with Crippen LogP contribution in [0.5, 0.6) is 11.5 Å². The summed E-state index contributed by atoms with van der Waals surface area (Å²) in [6, 6.07) is 1.18. The number of halogens is 1. The summed E-state index contributed by atoms with van der Waals surface area (Å²) < 4.78 is 9.57. The van der Waals surface area contributed by atoms with E-state index in [0.717, 1.165) is 12.1 Å². The number of carbonyl (C=O) groups excluding carboxylic acids is 1. The molecule has 3 N–H and O–H groups in total. The Hall–Kier alpha value is -2.06. The zero-order chi connectivity index (χ0) is 16.4. The van der Waals surface area contributed by atoms with Gasteiger partial charge in [0.05, 0.1) is 30.6 Å². The maximum Gasteiger partial charge on any atom is 0.313 e. The first kappa shape index (κ1) is 19.9. The molecular formula is C13H19ClN2O6. The first-order valence-electron chi connectivity index (χ1n) is 6.06. The van der Waals surface area contributed by atoms with Gasteiger partial charge in [0.1, 0.15) is 0 Å². The number of phenolic OH excluding ortho intramolecular Hbond substituents is 1. The van der Waals surface area contributed by atoms with Gasteiger partial charge in [-0.2, -0.15) is 0 Å². The fourth-order valence-electron chi connectivity index (χ4n) is 1.89. The zero-order valence-corrected chi connectivity index (χ0v) is 13.5. The number of nitro benzene ring substituents is 1. The first-order valence-corrected chi connectivity index (χ1v) is 6.06. The van der Waals surface area contributed by atoms with Crippen LogP contribution < -0.4 is 10.5 Å². The minimum atomic E-state index is -1.19. The van der Waals surface area contributed by atoms with E-state index in [-0.39, 0.29) is 35.2 Å². The third-order valence-corrected chi connectivity index (χ3v) is 3.34. The highest BCUT2D eigenvalue weighted by molar-refractivity contribution is 5.85. The van der Waals surface area contributed by atoms with Gasteiger partial charge in [0, 0.05) is 17.7 Å². The van der Waals surface area contributed by atoms with Crippen molar-refractivity contribution in [1.29, 1.82) is 0 Å². The number of nitrogens with zero attached hydrogens (tertiary/aromatic N) is 1. The highest BCUT2D eigenvalue weighted by Gasteiger charge is 2.39. The van der Waals surface area contributed by atoms with Gasteiger partial charge in [-0.15, -0.1) is 12.4 Å². The minimum absolute atomic E-state index is 0. The van der Waals surface area contributed by atoms with Crippen molar-refractivity contribution in [2.45, 2.75) is 19.9 Å². The summed E-state index contributed by atoms with van der Waals surface area (Å²) in [6.45, 7) is 3.04. The highest BCUT2D eigenvalue weighted by Crippen LogP contribution is 2.42. The second-order valence-electron chi connectivity index (χ2n) is 5.03. The van der Waals surface area contributed by atoms with Crippen molar-refractivity contribution in [2.24, 2.45) is 11.1 Å². The number of phenols is 1. The Kier molecular flexibility index (Phi) is 6.60. The molecule has 0 amide bonds. The summed E-state index contributed by atoms with van der Waals surface area (Å²) in [5.74, 6) is -1.03. The van der Waals surface area contributed by atoms with Crippen LogP contribution in [0.25, 0.3) is 0 Å². The molecule has 22 heavy (non-hydrogen) atoms. The van der Waals surface area contributed by atoms with Gasteiger partial charge in [-0.05, 0) is 13.8 Å². The van der Waals surface area contributed by atoms with Crippen LogP contribution in [0.1, 0.15) is 25.5 Å². The van der Waals surface area contributed by atoms with E-state index in [2.05, 4.69) is 4.74 Å². The lowest BCUT2D eigenvalue weighted by atomic mass is 9.80. The van der Waals surface area contributed by atoms with Gasteiger partial charge in [-0.25, -0.2) is 0 Å². The zero-order valence-electron chi connectivity index (χ0n) is 12.7. The third kappa shape index (κ3) is 3.58. The van der Waals surface area contributed by atoms with Gasteiger partial charge in [-0.1, -0.05) is 0 Å². The van der Waals surface area contributed by atoms with E-state index in [1.165, 1.54) is 28.1 Å². The summed E-state index contributed by atoms with van der Waals surface area (Å²) in [5, 5.41) is 21.0. The van der Waals surface area contributed by atoms with Crippen LogP contribution in [0.4, 0.5) is 5.69 Å². The number of hydrogen-bond donors (Lipinski definition) is 2. The van der Waals surface area contributed by atoms with Crippen molar-refractivity contribution in [3.8, 4) is 11.5 Å². The highest BCUT2D eigenvalue weighted by atomic mass is 35.5. The van der Waals surface area contributed by atoms with Crippen molar-refractivity contribution >= 4 is 24.1 Å². The molecule has 124 valence electrons. The minimum Gasteiger partial charge on any atom is -0.504 e. The monoisotopic (exact) mass is 334 g/mol. The summed E-state index contributed by atoms with van der Waals surface area (Å²) in [4.78, 5) is 22.1. The van der Waals surface area contributed by atoms with Crippen molar-refractivity contribution < 1.29 is 24.3 Å². The third-order valence-electron chi connectivity index (χ3n) is 3.34. The number of rotatable bonds is 5. The second kappa shape index (κ2) is 7.28. The fraction of sp³-hybridized carbons (Fsp3) is 0.462. The molecule has 0 fully saturated rings. The van der Waals surface area contributed by atoms with Crippen LogP contribution in [0.15, 0.2) is 12.1 Å². The van der Waals surface area contributed by atoms with Crippen molar-refractivity contribution in [3.63, 3.8) is 0 Å². The maximum atomic E-state index is 11.8. The topological polar surface area (TPSA) is 125 Å². The normalized spacial score (nSPS) is 12.0. The average Bonchev–Trinajstić information content (AvgIpc) is 2.45. The molecule has 0 saturated carbocycles. The van der Waals surface area contributed by atoms with Gasteiger partial charge in [0.25, 0.3) is 5.69 Å². The van der Waals surface area contributed by atoms with E-state index in [9.17, 15) is 20.0 Å². The molecule has 0 aromatic heterocycles. The SMILES string of the molecule is COC(=O)C(C)(C)[C@@H](N)c1cc([N+](=O)[O-])cc(OC)c1O.Cl. The van der Waals surface area contributed by atoms with Gasteiger partial charge in [0.15, 0.2) is 11.5 Å². The molecule has 1 atom stereocenters. The maximum absolute atomic E-state index is 11.8. The number of methoxy groups -OCH3 is 2. The van der Waals surface area contributed by atoms with Crippen LogP contribution in [0.2, 0.25) is 0 Å². The van der Waals surface area contributed by atoms with Crippen LogP contribution in [-0.4, -0.2) is 30.2 Å². The van der Waals surface area contributed by atoms with E-state index in [1.807, 2.05) is 0 Å². The molecule has 0 heterocycles. The van der Waals surface area contributed by atoms with Crippen molar-refractivity contribution in [1.82, 2.24) is 0 Å². The van der Waals surface area contributed by atoms with Crippen LogP contribution in [-0.2, 0) is 9.53 Å². The number of nitro groups is 1. The Bertz CT molecular complexity index is 576. The van der Waals surface area contributed by atoms with E-state index in [4.69, 9.17) is 10.5 Å². The Balaban J connectivity index is 0.00000441. The number of benzene rings is 1. The summed E-state index contributed by atoms with van der Waals surface area (Å²) >= 11 is 0. The standard InChI is InChI=1S/C13H18N2O6.ClH/c1-13(2,12(17)21-4)11(14)8-5-7(15(18)19)6-9(20-3)10(8)16;/h5-6,11,16H,14H2,1-4H3;1H/t11-;/m0./s1. The van der Waals surface area contributed by atoms with Gasteiger partial charge < -0.3 is 20.3 Å². The second-order valence-corrected chi connectivity index (χ2v) is 5.03. The molecule has 0 saturated heterocycles. The predicted molar refractivity (Wildman–Crippen MR) is 81.3 cm³/mol. The fourth-order valence-corrected chi connectivity index (χ4v) is 1.89. The molecule has 1 rings (SSSR count). The number of aromatic hydroxyl groups is 1. The van der Waals surface area contributed by atoms with Crippen LogP contribution in [0, 0.1) is 15.5 Å². The molecule has 0 unspecified atom stereocenters. The molecule has 1 aromatic carbocycles. The number of ether oxygens (including phenoxy) is 2. The molecule has 8 nitrogen and oxygen atoms in total. The molecule has 0 bridgehead atoms. The number of non-ortho nitro benzene ring substituents is 1. The van der Waals surface area contributed by atoms with E-state index in [1.54, 1.807) is 0 Å². The molecule has 0 aliphatic rings. The van der Waals surface area contributed by atoms with Crippen LogP contribution >= 0.6 is 12.4 Å². The molecule has 1 aromatic rings. The largest absolute Gasteiger partial charge is 0.504 e. The quantitative estimate of drug-likeness (QED) is 0.478. The Morgan fingerprint density at radius 3 is 2.36 bits per heavy atom. The molecule has 0 aliphatic carbocycles. The predicted octanol–water partition coefficient (Wildman–Crippen LogP) is 1.93. The van der Waals surface area contributed by atoms with E-state index < -0.39 is 22.3 Å². The summed E-state index contributed by atoms with van der Waals surface area (Å²) in [5.41, 5.74) is 4.56. The number of carbonyl (C=O) groups is 1. The van der Waals surface area contributed by atoms with Gasteiger partial charge in [-0.3, -0.25) is 14.9 Å². The van der Waals surface area contributed by atoms with E-state index >= 15 is 0 Å². The average molecular weight is 335 g/mol. The van der Waals surface area contributed by atoms with Crippen molar-refractivity contribution in [3.05, 3.63) is 27.8 Å². The Morgan fingerprint density at radius 2 is 1.95 bits per heavy atom. The lowest BCUT2D eigenvalue weighted by Crippen LogP contribution is -2.37. The number of hydrogen-bond acceptors (Lipinski definition) is 7. The molecular weight excluding hydrogens is 316 g/mol. The van der Waals surface area contributed by atoms with Gasteiger partial charge >= 0.3 is 5.97 Å². The number of esters is 1. The molecule has 0 radical (unpaired) electrons. The van der Waals surface area contributed by atoms with Crippen molar-refractivity contribution in [2.75, 3.05) is 14.2 Å². The molecule has 0 spiro atoms. The molecule has 9 heteroatoms.